The lowest BCUT2D eigenvalue weighted by Crippen LogP contribution is -2.36. The van der Waals surface area contributed by atoms with Crippen LogP contribution in [0.15, 0.2) is 61.2 Å². The zero-order valence-corrected chi connectivity index (χ0v) is 16.4. The van der Waals surface area contributed by atoms with Crippen LogP contribution >= 0.6 is 0 Å². The van der Waals surface area contributed by atoms with E-state index in [-0.39, 0.29) is 19.1 Å². The number of allylic oxidation sites excluding steroid dienone is 4. The SMILES string of the molecule is C=C/C=C(\C=C)C(F)(F)F.CNC1CCN(C(=O)COc2ccc(CO)cc2)C1. The molecule has 1 atom stereocenters. The zero-order chi connectivity index (χ0) is 21.9. The van der Waals surface area contributed by atoms with Gasteiger partial charge < -0.3 is 20.1 Å². The summed E-state index contributed by atoms with van der Waals surface area (Å²) < 4.78 is 40.6. The van der Waals surface area contributed by atoms with Crippen LogP contribution < -0.4 is 10.1 Å². The molecular weight excluding hydrogens is 385 g/mol. The maximum atomic E-state index is 11.9. The third kappa shape index (κ3) is 8.53. The lowest BCUT2D eigenvalue weighted by molar-refractivity contribution is -0.132. The maximum Gasteiger partial charge on any atom is 0.416 e. The summed E-state index contributed by atoms with van der Waals surface area (Å²) in [7, 11) is 1.91. The Bertz CT molecular complexity index is 700. The number of aliphatic hydroxyl groups excluding tert-OH is 1. The quantitative estimate of drug-likeness (QED) is 0.675. The molecule has 0 aromatic heterocycles. The minimum absolute atomic E-state index is 0.0123. The van der Waals surface area contributed by atoms with Crippen molar-refractivity contribution in [1.29, 1.82) is 0 Å². The number of ether oxygens (including phenoxy) is 1. The molecule has 0 aliphatic carbocycles. The number of amides is 1. The molecule has 1 aromatic rings. The Morgan fingerprint density at radius 2 is 2.00 bits per heavy atom. The van der Waals surface area contributed by atoms with Gasteiger partial charge in [-0.15, -0.1) is 0 Å². The van der Waals surface area contributed by atoms with E-state index < -0.39 is 11.7 Å². The van der Waals surface area contributed by atoms with Gasteiger partial charge in [-0.3, -0.25) is 4.79 Å². The minimum Gasteiger partial charge on any atom is -0.484 e. The highest BCUT2D eigenvalue weighted by Gasteiger charge is 2.30. The van der Waals surface area contributed by atoms with E-state index in [0.717, 1.165) is 43.3 Å². The van der Waals surface area contributed by atoms with Gasteiger partial charge in [0.15, 0.2) is 6.61 Å². The molecule has 8 heteroatoms. The van der Waals surface area contributed by atoms with Crippen molar-refractivity contribution < 1.29 is 27.8 Å². The Labute approximate surface area is 169 Å². The molecule has 2 rings (SSSR count). The second-order valence-electron chi connectivity index (χ2n) is 6.26. The number of nitrogens with zero attached hydrogens (tertiary/aromatic N) is 1. The number of halogens is 3. The molecule has 2 N–H and O–H groups in total. The van der Waals surface area contributed by atoms with E-state index >= 15 is 0 Å². The fourth-order valence-corrected chi connectivity index (χ4v) is 2.56. The summed E-state index contributed by atoms with van der Waals surface area (Å²) in [6, 6.07) is 7.49. The number of hydrogen-bond acceptors (Lipinski definition) is 4. The van der Waals surface area contributed by atoms with Crippen molar-refractivity contribution in [3.63, 3.8) is 0 Å². The van der Waals surface area contributed by atoms with Crippen LogP contribution in [0.5, 0.6) is 5.75 Å². The van der Waals surface area contributed by atoms with Gasteiger partial charge in [0.1, 0.15) is 5.75 Å². The Morgan fingerprint density at radius 1 is 1.34 bits per heavy atom. The molecule has 1 fully saturated rings. The summed E-state index contributed by atoms with van der Waals surface area (Å²) in [5.74, 6) is 0.666. The van der Waals surface area contributed by atoms with Crippen molar-refractivity contribution in [2.45, 2.75) is 25.2 Å². The molecule has 1 aromatic carbocycles. The molecule has 0 bridgehead atoms. The highest BCUT2D eigenvalue weighted by atomic mass is 19.4. The van der Waals surface area contributed by atoms with Crippen LogP contribution in [-0.4, -0.2) is 54.9 Å². The van der Waals surface area contributed by atoms with Gasteiger partial charge >= 0.3 is 6.18 Å². The van der Waals surface area contributed by atoms with Crippen LogP contribution in [0.25, 0.3) is 0 Å². The minimum atomic E-state index is -4.31. The van der Waals surface area contributed by atoms with Crippen molar-refractivity contribution >= 4 is 5.91 Å². The van der Waals surface area contributed by atoms with Crippen LogP contribution in [0, 0.1) is 0 Å². The molecule has 0 saturated carbocycles. The number of carbonyl (C=O) groups excluding carboxylic acids is 1. The standard InChI is InChI=1S/C14H20N2O3.C7H7F3/c1-15-12-6-7-16(8-12)14(18)10-19-13-4-2-11(9-17)3-5-13;1-3-5-6(4-2)7(8,9)10/h2-5,12,15,17H,6-10H2,1H3;3-5H,1-2H2/b;6-5+. The topological polar surface area (TPSA) is 61.8 Å². The van der Waals surface area contributed by atoms with Crippen molar-refractivity contribution in [2.75, 3.05) is 26.7 Å². The van der Waals surface area contributed by atoms with Crippen molar-refractivity contribution in [3.05, 3.63) is 66.8 Å². The number of aliphatic hydroxyl groups is 1. The van der Waals surface area contributed by atoms with Gasteiger partial charge in [-0.1, -0.05) is 43.5 Å². The number of carbonyl (C=O) groups is 1. The van der Waals surface area contributed by atoms with Crippen molar-refractivity contribution in [1.82, 2.24) is 10.2 Å². The van der Waals surface area contributed by atoms with E-state index in [1.807, 2.05) is 11.9 Å². The predicted octanol–water partition coefficient (Wildman–Crippen LogP) is 3.23. The molecule has 1 saturated heterocycles. The average Bonchev–Trinajstić information content (AvgIpc) is 3.19. The smallest absolute Gasteiger partial charge is 0.416 e. The number of alkyl halides is 3. The molecule has 29 heavy (non-hydrogen) atoms. The Kier molecular flexibility index (Phi) is 10.2. The van der Waals surface area contributed by atoms with Crippen molar-refractivity contribution in [2.24, 2.45) is 0 Å². The number of likely N-dealkylation sites (N-methyl/N-ethyl adjacent to an activating group) is 1. The number of likely N-dealkylation sites (tertiary alicyclic amines) is 1. The van der Waals surface area contributed by atoms with Crippen LogP contribution in [0.4, 0.5) is 13.2 Å². The summed E-state index contributed by atoms with van der Waals surface area (Å²) in [4.78, 5) is 13.8. The van der Waals surface area contributed by atoms with Gasteiger partial charge in [0.25, 0.3) is 5.91 Å². The van der Waals surface area contributed by atoms with E-state index in [0.29, 0.717) is 11.8 Å². The van der Waals surface area contributed by atoms with E-state index in [1.54, 1.807) is 24.3 Å². The highest BCUT2D eigenvalue weighted by Crippen LogP contribution is 2.25. The molecule has 1 unspecified atom stereocenters. The van der Waals surface area contributed by atoms with Crippen LogP contribution in [0.2, 0.25) is 0 Å². The number of nitrogens with one attached hydrogen (secondary N) is 1. The van der Waals surface area contributed by atoms with Gasteiger partial charge in [-0.25, -0.2) is 0 Å². The summed E-state index contributed by atoms with van der Waals surface area (Å²) in [6.07, 6.45) is -0.622. The first-order valence-electron chi connectivity index (χ1n) is 9.05. The first kappa shape index (κ1) is 24.5. The Hall–Kier alpha value is -2.58. The molecule has 160 valence electrons. The van der Waals surface area contributed by atoms with Gasteiger partial charge in [-0.2, -0.15) is 13.2 Å². The molecule has 1 aliphatic rings. The average molecular weight is 412 g/mol. The molecule has 0 radical (unpaired) electrons. The van der Waals surface area contributed by atoms with E-state index in [9.17, 15) is 18.0 Å². The predicted molar refractivity (Wildman–Crippen MR) is 106 cm³/mol. The third-order valence-electron chi connectivity index (χ3n) is 4.26. The Morgan fingerprint density at radius 3 is 2.41 bits per heavy atom. The van der Waals surface area contributed by atoms with E-state index in [2.05, 4.69) is 18.5 Å². The lowest BCUT2D eigenvalue weighted by Gasteiger charge is -2.16. The van der Waals surface area contributed by atoms with Crippen LogP contribution in [-0.2, 0) is 11.4 Å². The normalized spacial score (nSPS) is 16.7. The lowest BCUT2D eigenvalue weighted by atomic mass is 10.2. The van der Waals surface area contributed by atoms with E-state index in [4.69, 9.17) is 9.84 Å². The molecule has 1 heterocycles. The zero-order valence-electron chi connectivity index (χ0n) is 16.4. The highest BCUT2D eigenvalue weighted by molar-refractivity contribution is 5.78. The number of rotatable bonds is 7. The second-order valence-corrected chi connectivity index (χ2v) is 6.26. The van der Waals surface area contributed by atoms with Crippen LogP contribution in [0.1, 0.15) is 12.0 Å². The molecular formula is C21H27F3N2O3. The fraction of sp³-hybridized carbons (Fsp3) is 0.381. The van der Waals surface area contributed by atoms with Gasteiger partial charge in [-0.05, 0) is 31.2 Å². The summed E-state index contributed by atoms with van der Waals surface area (Å²) in [5, 5.41) is 12.1. The van der Waals surface area contributed by atoms with Gasteiger partial charge in [0.05, 0.1) is 12.2 Å². The third-order valence-corrected chi connectivity index (χ3v) is 4.26. The van der Waals surface area contributed by atoms with Crippen LogP contribution in [0.3, 0.4) is 0 Å². The molecule has 1 aliphatic heterocycles. The molecule has 0 spiro atoms. The summed E-state index contributed by atoms with van der Waals surface area (Å²) >= 11 is 0. The fourth-order valence-electron chi connectivity index (χ4n) is 2.56. The first-order chi connectivity index (χ1) is 13.7. The van der Waals surface area contributed by atoms with Gasteiger partial charge in [0, 0.05) is 19.1 Å². The summed E-state index contributed by atoms with van der Waals surface area (Å²) in [5.41, 5.74) is 0.0533. The first-order valence-corrected chi connectivity index (χ1v) is 9.05. The monoisotopic (exact) mass is 412 g/mol. The molecule has 1 amide bonds. The second kappa shape index (κ2) is 12.1. The van der Waals surface area contributed by atoms with E-state index in [1.165, 1.54) is 0 Å². The number of benzene rings is 1. The Balaban J connectivity index is 0.000000359. The van der Waals surface area contributed by atoms with Gasteiger partial charge in [0.2, 0.25) is 0 Å². The summed E-state index contributed by atoms with van der Waals surface area (Å²) in [6.45, 7) is 7.77. The largest absolute Gasteiger partial charge is 0.484 e. The maximum absolute atomic E-state index is 11.9. The van der Waals surface area contributed by atoms with Crippen molar-refractivity contribution in [3.8, 4) is 5.75 Å². The molecule has 5 nitrogen and oxygen atoms in total. The number of hydrogen-bond donors (Lipinski definition) is 2.